The first-order chi connectivity index (χ1) is 9.24. The number of hydrogen-bond donors (Lipinski definition) is 0. The second-order valence-electron chi connectivity index (χ2n) is 4.10. The molecule has 0 spiro atoms. The maximum Gasteiger partial charge on any atom is 0.337 e. The van der Waals surface area contributed by atoms with Crippen molar-refractivity contribution in [2.24, 2.45) is 0 Å². The summed E-state index contributed by atoms with van der Waals surface area (Å²) in [5, 5.41) is 8.63. The zero-order valence-electron chi connectivity index (χ0n) is 10.6. The molecule has 0 saturated carbocycles. The van der Waals surface area contributed by atoms with Crippen LogP contribution in [0.3, 0.4) is 0 Å². The van der Waals surface area contributed by atoms with Gasteiger partial charge in [0.1, 0.15) is 0 Å². The summed E-state index contributed by atoms with van der Waals surface area (Å²) in [6, 6.07) is 17.1. The molecule has 0 bridgehead atoms. The van der Waals surface area contributed by atoms with Gasteiger partial charge in [-0.25, -0.2) is 4.79 Å². The van der Waals surface area contributed by atoms with Gasteiger partial charge in [-0.3, -0.25) is 0 Å². The minimum atomic E-state index is -0.344. The second-order valence-corrected chi connectivity index (χ2v) is 4.10. The van der Waals surface area contributed by atoms with Gasteiger partial charge in [0.2, 0.25) is 0 Å². The van der Waals surface area contributed by atoms with Gasteiger partial charge in [-0.2, -0.15) is 5.26 Å². The first-order valence-corrected chi connectivity index (χ1v) is 5.89. The molecule has 0 amide bonds. The van der Waals surface area contributed by atoms with Crippen LogP contribution in [0.15, 0.2) is 48.5 Å². The number of nitriles is 1. The molecule has 2 aromatic rings. The third-order valence-corrected chi connectivity index (χ3v) is 2.85. The van der Waals surface area contributed by atoms with E-state index in [-0.39, 0.29) is 5.97 Å². The highest BCUT2D eigenvalue weighted by atomic mass is 16.5. The zero-order chi connectivity index (χ0) is 13.7. The Morgan fingerprint density at radius 3 is 2.53 bits per heavy atom. The lowest BCUT2D eigenvalue weighted by atomic mass is 10.0. The van der Waals surface area contributed by atoms with Gasteiger partial charge in [-0.05, 0) is 28.8 Å². The molecule has 0 aromatic heterocycles. The number of hydrogen-bond acceptors (Lipinski definition) is 3. The molecule has 0 aliphatic rings. The minimum absolute atomic E-state index is 0.344. The van der Waals surface area contributed by atoms with Crippen molar-refractivity contribution < 1.29 is 9.53 Å². The van der Waals surface area contributed by atoms with Crippen LogP contribution in [-0.2, 0) is 11.2 Å². The summed E-state index contributed by atoms with van der Waals surface area (Å²) in [5.74, 6) is -0.344. The molecule has 0 saturated heterocycles. The van der Waals surface area contributed by atoms with Gasteiger partial charge in [-0.1, -0.05) is 36.4 Å². The average molecular weight is 251 g/mol. The summed E-state index contributed by atoms with van der Waals surface area (Å²) in [4.78, 5) is 11.5. The number of esters is 1. The largest absolute Gasteiger partial charge is 0.465 e. The predicted molar refractivity (Wildman–Crippen MR) is 72.5 cm³/mol. The van der Waals surface area contributed by atoms with Crippen LogP contribution >= 0.6 is 0 Å². The first-order valence-electron chi connectivity index (χ1n) is 5.89. The lowest BCUT2D eigenvalue weighted by Gasteiger charge is -2.05. The van der Waals surface area contributed by atoms with Gasteiger partial charge in [0.05, 0.1) is 25.2 Å². The summed E-state index contributed by atoms with van der Waals surface area (Å²) >= 11 is 0. The molecule has 0 radical (unpaired) electrons. The van der Waals surface area contributed by atoms with Gasteiger partial charge >= 0.3 is 5.97 Å². The van der Waals surface area contributed by atoms with Crippen molar-refractivity contribution in [3.05, 3.63) is 59.7 Å². The summed E-state index contributed by atoms with van der Waals surface area (Å²) in [7, 11) is 1.37. The Labute approximate surface area is 112 Å². The van der Waals surface area contributed by atoms with Gasteiger partial charge < -0.3 is 4.74 Å². The molecule has 0 heterocycles. The van der Waals surface area contributed by atoms with Gasteiger partial charge in [0, 0.05) is 0 Å². The van der Waals surface area contributed by atoms with Crippen molar-refractivity contribution in [3.8, 4) is 17.2 Å². The molecule has 0 fully saturated rings. The number of carbonyl (C=O) groups excluding carboxylic acids is 1. The highest BCUT2D eigenvalue weighted by Crippen LogP contribution is 2.21. The van der Waals surface area contributed by atoms with E-state index in [4.69, 9.17) is 10.00 Å². The van der Waals surface area contributed by atoms with Gasteiger partial charge in [-0.15, -0.1) is 0 Å². The number of ether oxygens (including phenoxy) is 1. The molecule has 0 aliphatic heterocycles. The Morgan fingerprint density at radius 2 is 1.89 bits per heavy atom. The number of carbonyl (C=O) groups is 1. The number of nitrogens with zero attached hydrogens (tertiary/aromatic N) is 1. The normalized spacial score (nSPS) is 9.68. The number of benzene rings is 2. The third kappa shape index (κ3) is 2.99. The van der Waals surface area contributed by atoms with E-state index in [9.17, 15) is 4.79 Å². The van der Waals surface area contributed by atoms with Crippen LogP contribution in [0.25, 0.3) is 11.1 Å². The third-order valence-electron chi connectivity index (χ3n) is 2.85. The Morgan fingerprint density at radius 1 is 1.16 bits per heavy atom. The molecule has 0 atom stereocenters. The highest BCUT2D eigenvalue weighted by molar-refractivity contribution is 5.90. The first kappa shape index (κ1) is 12.8. The fraction of sp³-hybridized carbons (Fsp3) is 0.125. The number of rotatable bonds is 3. The number of methoxy groups -OCH3 is 1. The summed E-state index contributed by atoms with van der Waals surface area (Å²) in [6.07, 6.45) is 0.405. The van der Waals surface area contributed by atoms with Crippen LogP contribution in [-0.4, -0.2) is 13.1 Å². The molecular weight excluding hydrogens is 238 g/mol. The van der Waals surface area contributed by atoms with Gasteiger partial charge in [0.25, 0.3) is 0 Å². The lowest BCUT2D eigenvalue weighted by molar-refractivity contribution is 0.0601. The molecule has 0 N–H and O–H groups in total. The van der Waals surface area contributed by atoms with Crippen LogP contribution in [0.4, 0.5) is 0 Å². The van der Waals surface area contributed by atoms with E-state index >= 15 is 0 Å². The summed E-state index contributed by atoms with van der Waals surface area (Å²) in [5.41, 5.74) is 3.47. The molecule has 0 unspecified atom stereocenters. The monoisotopic (exact) mass is 251 g/mol. The summed E-state index contributed by atoms with van der Waals surface area (Å²) < 4.78 is 4.70. The van der Waals surface area contributed by atoms with E-state index in [0.717, 1.165) is 16.7 Å². The molecule has 0 aliphatic carbocycles. The van der Waals surface area contributed by atoms with Crippen molar-refractivity contribution in [2.45, 2.75) is 6.42 Å². The Hall–Kier alpha value is -2.60. The van der Waals surface area contributed by atoms with Crippen LogP contribution in [0.1, 0.15) is 15.9 Å². The van der Waals surface area contributed by atoms with E-state index in [2.05, 4.69) is 6.07 Å². The Kier molecular flexibility index (Phi) is 3.94. The van der Waals surface area contributed by atoms with Gasteiger partial charge in [0.15, 0.2) is 0 Å². The van der Waals surface area contributed by atoms with Crippen LogP contribution in [0.5, 0.6) is 0 Å². The Balaban J connectivity index is 2.31. The van der Waals surface area contributed by atoms with Crippen LogP contribution in [0, 0.1) is 11.3 Å². The predicted octanol–water partition coefficient (Wildman–Crippen LogP) is 3.21. The van der Waals surface area contributed by atoms with Crippen LogP contribution in [0.2, 0.25) is 0 Å². The SMILES string of the molecule is COC(=O)c1cccc(-c2ccc(CC#N)cc2)c1. The van der Waals surface area contributed by atoms with Crippen molar-refractivity contribution in [1.29, 1.82) is 5.26 Å². The smallest absolute Gasteiger partial charge is 0.337 e. The molecule has 2 aromatic carbocycles. The topological polar surface area (TPSA) is 50.1 Å². The van der Waals surface area contributed by atoms with E-state index in [0.29, 0.717) is 12.0 Å². The molecule has 2 rings (SSSR count). The molecule has 19 heavy (non-hydrogen) atoms. The average Bonchev–Trinajstić information content (AvgIpc) is 2.48. The zero-order valence-corrected chi connectivity index (χ0v) is 10.6. The van der Waals surface area contributed by atoms with Crippen molar-refractivity contribution in [3.63, 3.8) is 0 Å². The standard InChI is InChI=1S/C16H13NO2/c1-19-16(18)15-4-2-3-14(11-15)13-7-5-12(6-8-13)9-10-17/h2-8,11H,9H2,1H3. The van der Waals surface area contributed by atoms with E-state index in [1.807, 2.05) is 36.4 Å². The fourth-order valence-corrected chi connectivity index (χ4v) is 1.85. The van der Waals surface area contributed by atoms with Crippen LogP contribution < -0.4 is 0 Å². The molecule has 3 nitrogen and oxygen atoms in total. The lowest BCUT2D eigenvalue weighted by Crippen LogP contribution is -2.00. The molecule has 3 heteroatoms. The van der Waals surface area contributed by atoms with Crippen molar-refractivity contribution in [1.82, 2.24) is 0 Å². The highest BCUT2D eigenvalue weighted by Gasteiger charge is 2.06. The Bertz CT molecular complexity index is 624. The minimum Gasteiger partial charge on any atom is -0.465 e. The second kappa shape index (κ2) is 5.83. The van der Waals surface area contributed by atoms with Crippen molar-refractivity contribution in [2.75, 3.05) is 7.11 Å². The van der Waals surface area contributed by atoms with E-state index < -0.39 is 0 Å². The maximum atomic E-state index is 11.5. The quantitative estimate of drug-likeness (QED) is 0.787. The fourth-order valence-electron chi connectivity index (χ4n) is 1.85. The van der Waals surface area contributed by atoms with E-state index in [1.54, 1.807) is 12.1 Å². The molecule has 94 valence electrons. The van der Waals surface area contributed by atoms with Crippen molar-refractivity contribution >= 4 is 5.97 Å². The van der Waals surface area contributed by atoms with E-state index in [1.165, 1.54) is 7.11 Å². The molecular formula is C16H13NO2. The summed E-state index contributed by atoms with van der Waals surface area (Å²) in [6.45, 7) is 0. The maximum absolute atomic E-state index is 11.5.